The van der Waals surface area contributed by atoms with Crippen LogP contribution in [0.2, 0.25) is 0 Å². The molecule has 2 amide bonds. The third-order valence-electron chi connectivity index (χ3n) is 12.7. The Kier molecular flexibility index (Phi) is 9.01. The zero-order chi connectivity index (χ0) is 41.5. The lowest BCUT2D eigenvalue weighted by Crippen LogP contribution is -2.49. The van der Waals surface area contributed by atoms with Gasteiger partial charge in [-0.25, -0.2) is 23.4 Å². The van der Waals surface area contributed by atoms with Crippen LogP contribution in [0.3, 0.4) is 0 Å². The highest BCUT2D eigenvalue weighted by atomic mass is 19.1. The molecule has 1 N–H and O–H groups in total. The highest BCUT2D eigenvalue weighted by Crippen LogP contribution is 2.38. The van der Waals surface area contributed by atoms with Crippen LogP contribution >= 0.6 is 0 Å². The summed E-state index contributed by atoms with van der Waals surface area (Å²) >= 11 is 0. The number of rotatable bonds is 1. The number of carbonyl (C=O) groups excluding carboxylic acids is 2. The molecule has 0 aliphatic carbocycles. The van der Waals surface area contributed by atoms with Gasteiger partial charge in [0.25, 0.3) is 0 Å². The predicted molar refractivity (Wildman–Crippen MR) is 224 cm³/mol. The number of imidazole rings is 1. The van der Waals surface area contributed by atoms with Crippen LogP contribution in [0.25, 0.3) is 39.0 Å². The van der Waals surface area contributed by atoms with Crippen LogP contribution in [0.1, 0.15) is 32.9 Å². The third kappa shape index (κ3) is 6.45. The zero-order valence-corrected chi connectivity index (χ0v) is 33.8. The average Bonchev–Trinajstić information content (AvgIpc) is 4.03. The number of benzene rings is 2. The maximum atomic E-state index is 15.2. The van der Waals surface area contributed by atoms with Crippen molar-refractivity contribution in [2.24, 2.45) is 0 Å². The van der Waals surface area contributed by atoms with E-state index >= 15 is 9.18 Å². The zero-order valence-electron chi connectivity index (χ0n) is 33.8. The summed E-state index contributed by atoms with van der Waals surface area (Å²) in [6.07, 6.45) is 3.76. The Bertz CT molecular complexity index is 2750. The van der Waals surface area contributed by atoms with E-state index in [1.54, 1.807) is 28.9 Å². The Morgan fingerprint density at radius 1 is 0.869 bits per heavy atom. The number of anilines is 3. The largest absolute Gasteiger partial charge is 0.489 e. The summed E-state index contributed by atoms with van der Waals surface area (Å²) in [7, 11) is 1.74. The van der Waals surface area contributed by atoms with E-state index in [4.69, 9.17) is 34.5 Å². The first kappa shape index (κ1) is 37.6. The van der Waals surface area contributed by atoms with Crippen LogP contribution in [0.5, 0.6) is 5.75 Å². The molecular weight excluding hydrogens is 787 g/mol. The minimum atomic E-state index is -0.666. The lowest BCUT2D eigenvalue weighted by Gasteiger charge is -2.32. The number of halogens is 2. The van der Waals surface area contributed by atoms with Crippen LogP contribution in [0.4, 0.5) is 26.4 Å². The fraction of sp³-hybridized carbons (Fsp3) is 0.419. The van der Waals surface area contributed by atoms with E-state index in [0.29, 0.717) is 122 Å². The first-order chi connectivity index (χ1) is 29.7. The van der Waals surface area contributed by atoms with E-state index in [1.807, 2.05) is 44.4 Å². The van der Waals surface area contributed by atoms with E-state index < -0.39 is 23.7 Å². The van der Waals surface area contributed by atoms with Crippen LogP contribution in [-0.4, -0.2) is 133 Å². The number of aryl methyl sites for hydroxylation is 1. The second-order valence-electron chi connectivity index (χ2n) is 16.6. The van der Waals surface area contributed by atoms with E-state index in [0.717, 1.165) is 11.9 Å². The smallest absolute Gasteiger partial charge is 0.245 e. The van der Waals surface area contributed by atoms with Crippen molar-refractivity contribution in [1.82, 2.24) is 44.1 Å². The lowest BCUT2D eigenvalue weighted by atomic mass is 10.1. The minimum absolute atomic E-state index is 0. The molecule has 316 valence electrons. The fourth-order valence-corrected chi connectivity index (χ4v) is 9.78. The van der Waals surface area contributed by atoms with Gasteiger partial charge in [-0.05, 0) is 62.9 Å². The number of hydrogen-bond donors (Lipinski definition) is 1. The summed E-state index contributed by atoms with van der Waals surface area (Å²) < 4.78 is 46.2. The Morgan fingerprint density at radius 3 is 2.67 bits per heavy atom. The summed E-state index contributed by atoms with van der Waals surface area (Å²) in [5.74, 6) is 1.32. The number of ether oxygens (including phenoxy) is 2. The van der Waals surface area contributed by atoms with Gasteiger partial charge in [0.05, 0.1) is 47.5 Å². The molecule has 9 heterocycles. The van der Waals surface area contributed by atoms with Gasteiger partial charge in [-0.3, -0.25) is 9.59 Å². The van der Waals surface area contributed by atoms with E-state index in [9.17, 15) is 9.18 Å². The van der Waals surface area contributed by atoms with E-state index in [2.05, 4.69) is 5.32 Å². The molecule has 4 atom stereocenters. The monoisotopic (exact) mass is 832 g/mol. The molecule has 3 fully saturated rings. The summed E-state index contributed by atoms with van der Waals surface area (Å²) in [6.45, 7) is 4.95. The highest BCUT2D eigenvalue weighted by molar-refractivity contribution is 5.95. The van der Waals surface area contributed by atoms with Gasteiger partial charge in [0.1, 0.15) is 59.2 Å². The Balaban J connectivity index is 0.00000458. The molecule has 8 bridgehead atoms. The maximum absolute atomic E-state index is 15.2. The van der Waals surface area contributed by atoms with Gasteiger partial charge >= 0.3 is 0 Å². The number of fused-ring (bicyclic) bond motifs is 12. The molecule has 3 saturated heterocycles. The average molecular weight is 833 g/mol. The second-order valence-corrected chi connectivity index (χ2v) is 16.6. The van der Waals surface area contributed by atoms with Gasteiger partial charge in [0.2, 0.25) is 17.8 Å². The highest BCUT2D eigenvalue weighted by Gasteiger charge is 2.43. The number of hydrogen-bond acceptors (Lipinski definition) is 12. The first-order valence-corrected chi connectivity index (χ1v) is 20.9. The van der Waals surface area contributed by atoms with Gasteiger partial charge in [-0.15, -0.1) is 0 Å². The van der Waals surface area contributed by atoms with Gasteiger partial charge in [0, 0.05) is 65.0 Å². The number of likely N-dealkylation sites (N-methyl/N-ethyl adjacent to an activating group) is 1. The van der Waals surface area contributed by atoms with Crippen LogP contribution < -0.4 is 19.9 Å². The molecule has 5 aliphatic heterocycles. The minimum Gasteiger partial charge on any atom is -0.489 e. The van der Waals surface area contributed by atoms with E-state index in [-0.39, 0.29) is 37.7 Å². The van der Waals surface area contributed by atoms with Crippen LogP contribution in [-0.2, 0) is 20.9 Å². The van der Waals surface area contributed by atoms with Crippen molar-refractivity contribution in [3.05, 3.63) is 72.2 Å². The van der Waals surface area contributed by atoms with Crippen LogP contribution in [0, 0.1) is 18.6 Å². The van der Waals surface area contributed by atoms with Crippen molar-refractivity contribution >= 4 is 51.5 Å². The number of carbonyl (C=O) groups is 2. The second kappa shape index (κ2) is 14.6. The van der Waals surface area contributed by atoms with Crippen molar-refractivity contribution in [2.75, 3.05) is 68.1 Å². The Morgan fingerprint density at radius 2 is 1.77 bits per heavy atom. The molecule has 5 aliphatic rings. The number of nitrogens with zero attached hydrogens (tertiary/aromatic N) is 11. The fourth-order valence-electron chi connectivity index (χ4n) is 9.78. The van der Waals surface area contributed by atoms with Gasteiger partial charge < -0.3 is 39.0 Å². The summed E-state index contributed by atoms with van der Waals surface area (Å²) in [5.41, 5.74) is 3.39. The predicted octanol–water partition coefficient (Wildman–Crippen LogP) is 4.57. The molecule has 6 aromatic rings. The molecule has 18 heteroatoms. The molecule has 0 spiro atoms. The third-order valence-corrected chi connectivity index (χ3v) is 12.7. The van der Waals surface area contributed by atoms with E-state index in [1.165, 1.54) is 24.3 Å². The molecule has 61 heavy (non-hydrogen) atoms. The topological polar surface area (TPSA) is 152 Å². The maximum Gasteiger partial charge on any atom is 0.245 e. The molecule has 0 radical (unpaired) electrons. The van der Waals surface area contributed by atoms with Crippen molar-refractivity contribution in [3.63, 3.8) is 0 Å². The SMILES string of the molecule is Cc1nc2cc(F)cc3c2n1C[C@@H]1CN(CCCO1)C(=O)[C@@H]1C[C@@H](CN1c1nc2nc4c1cnn4-c1ccc(F)cc1OCCN(C)C(=O)[C@@H]1CCCN21)Nc1cccc-3n1.[HH]. The number of nitrogens with one attached hydrogen (secondary N) is 1. The molecule has 0 unspecified atom stereocenters. The Hall–Kier alpha value is -6.43. The summed E-state index contributed by atoms with van der Waals surface area (Å²) in [6, 6.07) is 11.4. The van der Waals surface area contributed by atoms with Gasteiger partial charge in [-0.1, -0.05) is 6.07 Å². The Labute approximate surface area is 350 Å². The molecular formula is C43H46F2N12O4. The molecule has 16 nitrogen and oxygen atoms in total. The van der Waals surface area contributed by atoms with Gasteiger partial charge in [0.15, 0.2) is 5.65 Å². The van der Waals surface area contributed by atoms with Crippen molar-refractivity contribution in [1.29, 1.82) is 0 Å². The van der Waals surface area contributed by atoms with Gasteiger partial charge in [-0.2, -0.15) is 15.1 Å². The number of aromatic nitrogens is 7. The first-order valence-electron chi connectivity index (χ1n) is 20.9. The summed E-state index contributed by atoms with van der Waals surface area (Å²) in [4.78, 5) is 56.8. The molecule has 2 aromatic carbocycles. The molecule has 11 rings (SSSR count). The molecule has 0 saturated carbocycles. The standard InChI is InChI=1S/C43H44F2N12O4.H2/c1-24-47-32-17-26(45)16-29-31-6-3-8-37(49-31)48-27-19-35(42(59)53-11-5-14-60-28(22-53)23-55(24)38(29)32)56(21-27)39-30-20-46-57-33-10-9-25(44)18-36(33)61-15-13-52(2)41(58)34-7-4-12-54(34)43(50-39)51-40(30)57;/h3,6,8-10,16-18,20,27-28,34-35H,4-5,7,11-15,19,21-23H2,1-2H3,(H,48,49);1H/t27-,28-,34-,35-;/m0./s1. The number of pyridine rings is 1. The van der Waals surface area contributed by atoms with Crippen LogP contribution in [0.15, 0.2) is 54.7 Å². The van der Waals surface area contributed by atoms with Crippen molar-refractivity contribution in [3.8, 4) is 22.7 Å². The van der Waals surface area contributed by atoms with Crippen molar-refractivity contribution in [2.45, 2.75) is 63.4 Å². The normalized spacial score (nSPS) is 23.1. The van der Waals surface area contributed by atoms with Crippen molar-refractivity contribution < 1.29 is 29.3 Å². The summed E-state index contributed by atoms with van der Waals surface area (Å²) in [5, 5.41) is 8.99. The quantitative estimate of drug-likeness (QED) is 0.247. The number of amides is 2. The lowest BCUT2D eigenvalue weighted by molar-refractivity contribution is -0.133. The molecule has 4 aromatic heterocycles.